The van der Waals surface area contributed by atoms with E-state index in [0.717, 1.165) is 5.56 Å². The summed E-state index contributed by atoms with van der Waals surface area (Å²) in [5, 5.41) is 0. The van der Waals surface area contributed by atoms with E-state index in [4.69, 9.17) is 20.9 Å². The Hall–Kier alpha value is -4.27. The van der Waals surface area contributed by atoms with Crippen LogP contribution in [-0.2, 0) is 11.2 Å². The van der Waals surface area contributed by atoms with Gasteiger partial charge in [-0.25, -0.2) is 4.79 Å². The number of hydrogen-bond acceptors (Lipinski definition) is 6. The average molecular weight is 513 g/mol. The number of nitrogen functional groups attached to an aromatic ring is 2. The van der Waals surface area contributed by atoms with Gasteiger partial charge in [0, 0.05) is 29.8 Å². The largest absolute Gasteiger partial charge is 0.494 e. The van der Waals surface area contributed by atoms with Gasteiger partial charge in [0.05, 0.1) is 18.8 Å². The third-order valence-electron chi connectivity index (χ3n) is 5.36. The monoisotopic (exact) mass is 512 g/mol. The molecule has 0 atom stereocenters. The standard InChI is InChI=1S/C28H27F3N2O4/c29-28(30,31)15-1-16-36-24-11-8-21(9-12-24)26(34)13-4-19-2-5-22(6-3-19)27(35)37-17-14-20-7-10-23(32)18-25(20)33/h2-13,18H,1,14-17,32-33H2. The molecule has 0 aliphatic carbocycles. The van der Waals surface area contributed by atoms with E-state index in [9.17, 15) is 22.8 Å². The predicted octanol–water partition coefficient (Wildman–Crippen LogP) is 5.87. The van der Waals surface area contributed by atoms with Gasteiger partial charge in [-0.2, -0.15) is 13.2 Å². The maximum atomic E-state index is 12.4. The number of allylic oxidation sites excluding steroid dienone is 1. The normalized spacial score (nSPS) is 11.4. The van der Waals surface area contributed by atoms with Crippen molar-refractivity contribution in [3.05, 3.63) is 95.1 Å². The lowest BCUT2D eigenvalue weighted by Crippen LogP contribution is -2.09. The minimum atomic E-state index is -4.20. The molecule has 0 saturated carbocycles. The summed E-state index contributed by atoms with van der Waals surface area (Å²) in [5.41, 5.74) is 15.0. The number of anilines is 2. The lowest BCUT2D eigenvalue weighted by atomic mass is 10.1. The molecule has 0 radical (unpaired) electrons. The first-order valence-electron chi connectivity index (χ1n) is 11.5. The Kier molecular flexibility index (Phi) is 9.32. The third-order valence-corrected chi connectivity index (χ3v) is 5.36. The first-order chi connectivity index (χ1) is 17.6. The number of ether oxygens (including phenoxy) is 2. The van der Waals surface area contributed by atoms with Crippen LogP contribution in [0.3, 0.4) is 0 Å². The molecule has 0 aliphatic rings. The van der Waals surface area contributed by atoms with Crippen LogP contribution < -0.4 is 16.2 Å². The Morgan fingerprint density at radius 2 is 1.54 bits per heavy atom. The Labute approximate surface area is 212 Å². The molecule has 4 N–H and O–H groups in total. The van der Waals surface area contributed by atoms with Crippen molar-refractivity contribution in [1.29, 1.82) is 0 Å². The van der Waals surface area contributed by atoms with Crippen LogP contribution in [0.25, 0.3) is 6.08 Å². The van der Waals surface area contributed by atoms with Crippen molar-refractivity contribution in [1.82, 2.24) is 0 Å². The number of esters is 1. The summed E-state index contributed by atoms with van der Waals surface area (Å²) in [7, 11) is 0. The molecule has 9 heteroatoms. The fraction of sp³-hybridized carbons (Fsp3) is 0.214. The number of carbonyl (C=O) groups is 2. The smallest absolute Gasteiger partial charge is 0.389 e. The van der Waals surface area contributed by atoms with E-state index in [1.165, 1.54) is 18.2 Å². The number of benzene rings is 3. The van der Waals surface area contributed by atoms with Crippen molar-refractivity contribution in [3.63, 3.8) is 0 Å². The van der Waals surface area contributed by atoms with Crippen LogP contribution in [0.2, 0.25) is 0 Å². The predicted molar refractivity (Wildman–Crippen MR) is 136 cm³/mol. The van der Waals surface area contributed by atoms with Crippen molar-refractivity contribution in [2.45, 2.75) is 25.4 Å². The zero-order valence-corrected chi connectivity index (χ0v) is 20.0. The number of alkyl halides is 3. The highest BCUT2D eigenvalue weighted by molar-refractivity contribution is 6.06. The summed E-state index contributed by atoms with van der Waals surface area (Å²) in [6.45, 7) is 0.105. The molecule has 0 fully saturated rings. The third kappa shape index (κ3) is 9.03. The number of rotatable bonds is 11. The first kappa shape index (κ1) is 27.3. The lowest BCUT2D eigenvalue weighted by Gasteiger charge is -2.08. The highest BCUT2D eigenvalue weighted by Crippen LogP contribution is 2.22. The Morgan fingerprint density at radius 1 is 0.865 bits per heavy atom. The van der Waals surface area contributed by atoms with Crippen LogP contribution in [0.4, 0.5) is 24.5 Å². The van der Waals surface area contributed by atoms with Crippen molar-refractivity contribution < 1.29 is 32.2 Å². The molecule has 0 spiro atoms. The second-order valence-corrected chi connectivity index (χ2v) is 8.26. The van der Waals surface area contributed by atoms with Gasteiger partial charge in [-0.15, -0.1) is 0 Å². The number of hydrogen-bond donors (Lipinski definition) is 2. The van der Waals surface area contributed by atoms with Crippen molar-refractivity contribution in [2.24, 2.45) is 0 Å². The van der Waals surface area contributed by atoms with E-state index in [1.807, 2.05) is 0 Å². The quantitative estimate of drug-likeness (QED) is 0.110. The molecule has 3 aromatic carbocycles. The molecular weight excluding hydrogens is 485 g/mol. The van der Waals surface area contributed by atoms with E-state index in [1.54, 1.807) is 60.7 Å². The maximum absolute atomic E-state index is 12.4. The molecule has 0 bridgehead atoms. The molecular formula is C28H27F3N2O4. The molecule has 0 aromatic heterocycles. The van der Waals surface area contributed by atoms with Gasteiger partial charge in [0.25, 0.3) is 0 Å². The van der Waals surface area contributed by atoms with Crippen LogP contribution in [0.15, 0.2) is 72.8 Å². The molecule has 194 valence electrons. The van der Waals surface area contributed by atoms with Gasteiger partial charge in [0.15, 0.2) is 5.78 Å². The summed E-state index contributed by atoms with van der Waals surface area (Å²) in [6, 6.07) is 18.0. The van der Waals surface area contributed by atoms with Gasteiger partial charge in [0.1, 0.15) is 5.75 Å². The highest BCUT2D eigenvalue weighted by Gasteiger charge is 2.26. The molecule has 37 heavy (non-hydrogen) atoms. The molecule has 3 rings (SSSR count). The minimum Gasteiger partial charge on any atom is -0.494 e. The summed E-state index contributed by atoms with van der Waals surface area (Å²) in [4.78, 5) is 24.7. The van der Waals surface area contributed by atoms with Gasteiger partial charge in [-0.3, -0.25) is 4.79 Å². The van der Waals surface area contributed by atoms with E-state index in [-0.39, 0.29) is 25.4 Å². The molecule has 0 aliphatic heterocycles. The van der Waals surface area contributed by atoms with Gasteiger partial charge >= 0.3 is 12.1 Å². The Morgan fingerprint density at radius 3 is 2.19 bits per heavy atom. The number of ketones is 1. The maximum Gasteiger partial charge on any atom is 0.389 e. The van der Waals surface area contributed by atoms with Crippen LogP contribution >= 0.6 is 0 Å². The summed E-state index contributed by atoms with van der Waals surface area (Å²) in [5.74, 6) is -0.336. The minimum absolute atomic E-state index is 0.0620. The van der Waals surface area contributed by atoms with Gasteiger partial charge in [-0.1, -0.05) is 24.3 Å². The van der Waals surface area contributed by atoms with Gasteiger partial charge < -0.3 is 20.9 Å². The van der Waals surface area contributed by atoms with Crippen molar-refractivity contribution in [2.75, 3.05) is 24.7 Å². The van der Waals surface area contributed by atoms with E-state index in [2.05, 4.69) is 0 Å². The summed E-state index contributed by atoms with van der Waals surface area (Å²) >= 11 is 0. The van der Waals surface area contributed by atoms with Crippen molar-refractivity contribution >= 4 is 29.2 Å². The Balaban J connectivity index is 1.46. The fourth-order valence-electron chi connectivity index (χ4n) is 3.35. The van der Waals surface area contributed by atoms with E-state index >= 15 is 0 Å². The molecule has 6 nitrogen and oxygen atoms in total. The Bertz CT molecular complexity index is 1240. The van der Waals surface area contributed by atoms with E-state index in [0.29, 0.717) is 40.2 Å². The number of carbonyl (C=O) groups excluding carboxylic acids is 2. The lowest BCUT2D eigenvalue weighted by molar-refractivity contribution is -0.136. The second kappa shape index (κ2) is 12.6. The van der Waals surface area contributed by atoms with Crippen LogP contribution in [0.5, 0.6) is 5.75 Å². The molecule has 0 saturated heterocycles. The second-order valence-electron chi connectivity index (χ2n) is 8.26. The highest BCUT2D eigenvalue weighted by atomic mass is 19.4. The molecule has 0 heterocycles. The van der Waals surface area contributed by atoms with Crippen molar-refractivity contribution in [3.8, 4) is 5.75 Å². The van der Waals surface area contributed by atoms with Crippen LogP contribution in [0, 0.1) is 0 Å². The number of nitrogens with two attached hydrogens (primary N) is 2. The van der Waals surface area contributed by atoms with Crippen LogP contribution in [-0.4, -0.2) is 31.1 Å². The fourth-order valence-corrected chi connectivity index (χ4v) is 3.35. The SMILES string of the molecule is Nc1ccc(CCOC(=O)c2ccc(C=CC(=O)c3ccc(OCCCC(F)(F)F)cc3)cc2)c(N)c1. The molecule has 0 unspecified atom stereocenters. The molecule has 3 aromatic rings. The number of halogens is 3. The average Bonchev–Trinajstić information content (AvgIpc) is 2.86. The van der Waals surface area contributed by atoms with Gasteiger partial charge in [0.2, 0.25) is 0 Å². The zero-order valence-electron chi connectivity index (χ0n) is 20.0. The summed E-state index contributed by atoms with van der Waals surface area (Å²) < 4.78 is 47.1. The zero-order chi connectivity index (χ0) is 26.8. The summed E-state index contributed by atoms with van der Waals surface area (Å²) in [6.07, 6.45) is -1.78. The molecule has 0 amide bonds. The van der Waals surface area contributed by atoms with Crippen LogP contribution in [0.1, 0.15) is 44.7 Å². The van der Waals surface area contributed by atoms with Gasteiger partial charge in [-0.05, 0) is 72.2 Å². The first-order valence-corrected chi connectivity index (χ1v) is 11.5. The van der Waals surface area contributed by atoms with E-state index < -0.39 is 18.6 Å². The topological polar surface area (TPSA) is 105 Å².